The summed E-state index contributed by atoms with van der Waals surface area (Å²) in [6.07, 6.45) is 0.824. The van der Waals surface area contributed by atoms with Gasteiger partial charge in [-0.05, 0) is 82.0 Å². The second kappa shape index (κ2) is 9.22. The van der Waals surface area contributed by atoms with Crippen molar-refractivity contribution in [3.8, 4) is 11.5 Å². The molecule has 0 aliphatic heterocycles. The molecule has 2 rings (SSSR count). The minimum atomic E-state index is 0.402. The number of carbonyl (C=O) groups is 1. The second-order valence-corrected chi connectivity index (χ2v) is 7.85. The van der Waals surface area contributed by atoms with Gasteiger partial charge in [-0.15, -0.1) is 0 Å². The lowest BCUT2D eigenvalue weighted by Crippen LogP contribution is -2.12. The van der Waals surface area contributed by atoms with Crippen LogP contribution in [0.4, 0.5) is 0 Å². The molecule has 2 aromatic rings. The van der Waals surface area contributed by atoms with Crippen LogP contribution in [0.5, 0.6) is 11.5 Å². The van der Waals surface area contributed by atoms with Crippen molar-refractivity contribution in [1.29, 1.82) is 0 Å². The van der Waals surface area contributed by atoms with Crippen molar-refractivity contribution in [2.45, 2.75) is 39.5 Å². The zero-order valence-corrected chi connectivity index (χ0v) is 17.4. The third-order valence-electron chi connectivity index (χ3n) is 3.97. The van der Waals surface area contributed by atoms with Crippen LogP contribution >= 0.6 is 22.6 Å². The molecule has 0 N–H and O–H groups in total. The molecule has 134 valence electrons. The zero-order chi connectivity index (χ0) is 18.4. The molecule has 0 bridgehead atoms. The lowest BCUT2D eigenvalue weighted by molar-refractivity contribution is 0.112. The Kier molecular flexibility index (Phi) is 7.29. The van der Waals surface area contributed by atoms with Crippen LogP contribution in [0.15, 0.2) is 36.4 Å². The molecule has 25 heavy (non-hydrogen) atoms. The van der Waals surface area contributed by atoms with Crippen LogP contribution < -0.4 is 9.47 Å². The van der Waals surface area contributed by atoms with Crippen molar-refractivity contribution in [2.75, 3.05) is 13.2 Å². The van der Waals surface area contributed by atoms with Gasteiger partial charge in [-0.3, -0.25) is 4.79 Å². The van der Waals surface area contributed by atoms with Gasteiger partial charge in [0.25, 0.3) is 0 Å². The Balaban J connectivity index is 2.04. The highest BCUT2D eigenvalue weighted by Gasteiger charge is 2.16. The summed E-state index contributed by atoms with van der Waals surface area (Å²) >= 11 is 2.37. The molecule has 0 aliphatic rings. The summed E-state index contributed by atoms with van der Waals surface area (Å²) in [5.41, 5.74) is 3.13. The lowest BCUT2D eigenvalue weighted by atomic mass is 9.94. The summed E-state index contributed by atoms with van der Waals surface area (Å²) in [5, 5.41) is 0. The van der Waals surface area contributed by atoms with Crippen LogP contribution in [-0.2, 0) is 0 Å². The number of aldehydes is 1. The first-order valence-electron chi connectivity index (χ1n) is 8.56. The average molecular weight is 452 g/mol. The number of hydrogen-bond donors (Lipinski definition) is 0. The topological polar surface area (TPSA) is 35.5 Å². The highest BCUT2D eigenvalue weighted by Crippen LogP contribution is 2.36. The van der Waals surface area contributed by atoms with Crippen molar-refractivity contribution in [1.82, 2.24) is 0 Å². The second-order valence-electron chi connectivity index (χ2n) is 6.61. The quantitative estimate of drug-likeness (QED) is 0.288. The molecule has 4 heteroatoms. The van der Waals surface area contributed by atoms with Crippen molar-refractivity contribution in [3.63, 3.8) is 0 Å². The first-order valence-corrected chi connectivity index (χ1v) is 9.64. The van der Waals surface area contributed by atoms with Gasteiger partial charge >= 0.3 is 0 Å². The summed E-state index contributed by atoms with van der Waals surface area (Å²) in [6.45, 7) is 9.69. The average Bonchev–Trinajstić information content (AvgIpc) is 2.59. The number of benzene rings is 2. The van der Waals surface area contributed by atoms with E-state index in [1.807, 2.05) is 0 Å². The fourth-order valence-corrected chi connectivity index (χ4v) is 3.28. The van der Waals surface area contributed by atoms with Crippen LogP contribution in [0, 0.1) is 3.57 Å². The van der Waals surface area contributed by atoms with Crippen molar-refractivity contribution in [3.05, 3.63) is 56.7 Å². The van der Waals surface area contributed by atoms with Crippen LogP contribution in [0.2, 0.25) is 0 Å². The smallest absolute Gasteiger partial charge is 0.150 e. The maximum atomic E-state index is 10.7. The van der Waals surface area contributed by atoms with E-state index < -0.39 is 0 Å². The zero-order valence-electron chi connectivity index (χ0n) is 15.2. The molecule has 0 amide bonds. The van der Waals surface area contributed by atoms with E-state index in [9.17, 15) is 4.79 Å². The van der Waals surface area contributed by atoms with Gasteiger partial charge in [0.05, 0.1) is 0 Å². The molecule has 0 aliphatic carbocycles. The molecule has 3 nitrogen and oxygen atoms in total. The molecule has 0 heterocycles. The molecule has 0 aromatic heterocycles. The molecule has 0 fully saturated rings. The van der Waals surface area contributed by atoms with Gasteiger partial charge in [-0.25, -0.2) is 0 Å². The van der Waals surface area contributed by atoms with Gasteiger partial charge in [0.2, 0.25) is 0 Å². The van der Waals surface area contributed by atoms with Crippen LogP contribution in [0.1, 0.15) is 61.0 Å². The first kappa shape index (κ1) is 19.8. The van der Waals surface area contributed by atoms with Crippen LogP contribution in [-0.4, -0.2) is 19.5 Å². The van der Waals surface area contributed by atoms with Gasteiger partial charge in [-0.2, -0.15) is 0 Å². The minimum Gasteiger partial charge on any atom is -0.490 e. The largest absolute Gasteiger partial charge is 0.490 e. The van der Waals surface area contributed by atoms with E-state index in [4.69, 9.17) is 9.47 Å². The van der Waals surface area contributed by atoms with Gasteiger partial charge < -0.3 is 9.47 Å². The summed E-state index contributed by atoms with van der Waals surface area (Å²) in [6, 6.07) is 11.5. The predicted molar refractivity (Wildman–Crippen MR) is 110 cm³/mol. The number of carbonyl (C=O) groups excluding carboxylic acids is 1. The van der Waals surface area contributed by atoms with Crippen molar-refractivity contribution >= 4 is 28.9 Å². The number of rotatable bonds is 8. The Labute approximate surface area is 163 Å². The van der Waals surface area contributed by atoms with Gasteiger partial charge in [0.1, 0.15) is 31.0 Å². The van der Waals surface area contributed by atoms with Gasteiger partial charge in [0.15, 0.2) is 0 Å². The molecule has 0 radical (unpaired) electrons. The Morgan fingerprint density at radius 3 is 1.92 bits per heavy atom. The minimum absolute atomic E-state index is 0.402. The molecule has 0 saturated heterocycles. The summed E-state index contributed by atoms with van der Waals surface area (Å²) in [4.78, 5) is 10.7. The number of halogens is 1. The summed E-state index contributed by atoms with van der Waals surface area (Å²) in [7, 11) is 0. The Morgan fingerprint density at radius 2 is 1.44 bits per heavy atom. The number of ether oxygens (including phenoxy) is 2. The standard InChI is InChI=1S/C21H25IO3/c1-14(2)19-11-17(22)12-20(15(3)4)21(19)25-10-9-24-18-7-5-16(13-23)6-8-18/h5-8,11-15H,9-10H2,1-4H3. The first-order chi connectivity index (χ1) is 11.9. The molecule has 0 unspecified atom stereocenters. The van der Waals surface area contributed by atoms with E-state index in [-0.39, 0.29) is 0 Å². The van der Waals surface area contributed by atoms with Gasteiger partial charge in [0, 0.05) is 9.13 Å². The Hall–Kier alpha value is -1.56. The highest BCUT2D eigenvalue weighted by atomic mass is 127. The maximum Gasteiger partial charge on any atom is 0.150 e. The number of hydrogen-bond acceptors (Lipinski definition) is 3. The fourth-order valence-electron chi connectivity index (χ4n) is 2.61. The highest BCUT2D eigenvalue weighted by molar-refractivity contribution is 14.1. The predicted octanol–water partition coefficient (Wildman–Crippen LogP) is 5.81. The van der Waals surface area contributed by atoms with E-state index >= 15 is 0 Å². The lowest BCUT2D eigenvalue weighted by Gasteiger charge is -2.21. The fraction of sp³-hybridized carbons (Fsp3) is 0.381. The Bertz CT molecular complexity index is 677. The van der Waals surface area contributed by atoms with Crippen molar-refractivity contribution < 1.29 is 14.3 Å². The van der Waals surface area contributed by atoms with Crippen LogP contribution in [0.25, 0.3) is 0 Å². The van der Waals surface area contributed by atoms with Crippen LogP contribution in [0.3, 0.4) is 0 Å². The molecular weight excluding hydrogens is 427 g/mol. The maximum absolute atomic E-state index is 10.7. The molecule has 0 atom stereocenters. The summed E-state index contributed by atoms with van der Waals surface area (Å²) in [5.74, 6) is 2.54. The monoisotopic (exact) mass is 452 g/mol. The van der Waals surface area contributed by atoms with E-state index in [0.29, 0.717) is 30.6 Å². The van der Waals surface area contributed by atoms with E-state index in [2.05, 4.69) is 62.4 Å². The van der Waals surface area contributed by atoms with E-state index in [1.165, 1.54) is 14.7 Å². The van der Waals surface area contributed by atoms with E-state index in [0.717, 1.165) is 17.8 Å². The molecule has 2 aromatic carbocycles. The van der Waals surface area contributed by atoms with E-state index in [1.54, 1.807) is 24.3 Å². The molecule has 0 saturated carbocycles. The Morgan fingerprint density at radius 1 is 0.920 bits per heavy atom. The molecule has 0 spiro atoms. The third-order valence-corrected chi connectivity index (χ3v) is 4.59. The molecular formula is C21H25IO3. The van der Waals surface area contributed by atoms with Crippen molar-refractivity contribution in [2.24, 2.45) is 0 Å². The van der Waals surface area contributed by atoms with Gasteiger partial charge in [-0.1, -0.05) is 27.7 Å². The SMILES string of the molecule is CC(C)c1cc(I)cc(C(C)C)c1OCCOc1ccc(C=O)cc1. The summed E-state index contributed by atoms with van der Waals surface area (Å²) < 4.78 is 13.1. The normalized spacial score (nSPS) is 11.0. The third kappa shape index (κ3) is 5.46.